The molecule has 0 saturated carbocycles. The molecule has 0 aromatic carbocycles. The maximum absolute atomic E-state index is 5.44. The Labute approximate surface area is 73.6 Å². The highest BCUT2D eigenvalue weighted by molar-refractivity contribution is 4.91. The van der Waals surface area contributed by atoms with Crippen LogP contribution >= 0.6 is 0 Å². The van der Waals surface area contributed by atoms with E-state index in [9.17, 15) is 0 Å². The standard InChI is InChI=1S/C9H17N3/c1-8(4-3-5-10)12-7-6-11-9(12)2/h6-8H,3-5,10H2,1-2H3. The average molecular weight is 167 g/mol. The molecule has 3 heteroatoms. The van der Waals surface area contributed by atoms with Crippen LogP contribution in [0.4, 0.5) is 0 Å². The number of nitrogens with two attached hydrogens (primary N) is 1. The molecule has 0 fully saturated rings. The van der Waals surface area contributed by atoms with Crippen LogP contribution in [0.2, 0.25) is 0 Å². The van der Waals surface area contributed by atoms with Gasteiger partial charge in [-0.2, -0.15) is 0 Å². The third-order valence-corrected chi connectivity index (χ3v) is 2.16. The van der Waals surface area contributed by atoms with E-state index in [2.05, 4.69) is 16.5 Å². The fraction of sp³-hybridized carbons (Fsp3) is 0.667. The van der Waals surface area contributed by atoms with E-state index in [-0.39, 0.29) is 0 Å². The van der Waals surface area contributed by atoms with Gasteiger partial charge in [0.1, 0.15) is 5.82 Å². The molecule has 1 unspecified atom stereocenters. The molecule has 1 atom stereocenters. The van der Waals surface area contributed by atoms with Gasteiger partial charge in [-0.05, 0) is 33.2 Å². The summed E-state index contributed by atoms with van der Waals surface area (Å²) in [6, 6.07) is 0.524. The van der Waals surface area contributed by atoms with Crippen molar-refractivity contribution < 1.29 is 0 Å². The van der Waals surface area contributed by atoms with Crippen molar-refractivity contribution in [2.45, 2.75) is 32.7 Å². The number of aryl methyl sites for hydroxylation is 1. The summed E-state index contributed by atoms with van der Waals surface area (Å²) in [5.41, 5.74) is 5.44. The topological polar surface area (TPSA) is 43.8 Å². The molecule has 12 heavy (non-hydrogen) atoms. The van der Waals surface area contributed by atoms with E-state index in [1.54, 1.807) is 0 Å². The van der Waals surface area contributed by atoms with Gasteiger partial charge >= 0.3 is 0 Å². The third kappa shape index (κ3) is 2.08. The summed E-state index contributed by atoms with van der Waals surface area (Å²) in [6.45, 7) is 5.00. The first-order valence-electron chi connectivity index (χ1n) is 4.45. The number of rotatable bonds is 4. The van der Waals surface area contributed by atoms with E-state index in [0.29, 0.717) is 6.04 Å². The van der Waals surface area contributed by atoms with Gasteiger partial charge in [-0.3, -0.25) is 0 Å². The zero-order valence-corrected chi connectivity index (χ0v) is 7.83. The Morgan fingerprint density at radius 2 is 2.42 bits per heavy atom. The van der Waals surface area contributed by atoms with Gasteiger partial charge in [0.05, 0.1) is 0 Å². The van der Waals surface area contributed by atoms with Crippen molar-refractivity contribution >= 4 is 0 Å². The molecular formula is C9H17N3. The molecule has 0 aliphatic carbocycles. The SMILES string of the molecule is Cc1nccn1C(C)CCCN. The molecule has 1 aromatic heterocycles. The zero-order chi connectivity index (χ0) is 8.97. The largest absolute Gasteiger partial charge is 0.332 e. The van der Waals surface area contributed by atoms with Crippen molar-refractivity contribution in [3.8, 4) is 0 Å². The molecule has 0 aliphatic rings. The zero-order valence-electron chi connectivity index (χ0n) is 7.83. The van der Waals surface area contributed by atoms with Crippen molar-refractivity contribution in [2.24, 2.45) is 5.73 Å². The Bertz CT molecular complexity index is 229. The molecule has 68 valence electrons. The number of hydrogen-bond acceptors (Lipinski definition) is 2. The van der Waals surface area contributed by atoms with E-state index in [1.807, 2.05) is 19.3 Å². The lowest BCUT2D eigenvalue weighted by atomic mass is 10.2. The first kappa shape index (κ1) is 9.26. The summed E-state index contributed by atoms with van der Waals surface area (Å²) in [7, 11) is 0. The number of nitrogens with zero attached hydrogens (tertiary/aromatic N) is 2. The maximum atomic E-state index is 5.44. The molecule has 1 heterocycles. The van der Waals surface area contributed by atoms with E-state index in [4.69, 9.17) is 5.73 Å². The second-order valence-corrected chi connectivity index (χ2v) is 3.16. The van der Waals surface area contributed by atoms with Crippen LogP contribution in [-0.4, -0.2) is 16.1 Å². The van der Waals surface area contributed by atoms with Crippen LogP contribution in [-0.2, 0) is 0 Å². The minimum absolute atomic E-state index is 0.524. The van der Waals surface area contributed by atoms with Crippen LogP contribution in [0.25, 0.3) is 0 Å². The lowest BCUT2D eigenvalue weighted by Gasteiger charge is -2.13. The van der Waals surface area contributed by atoms with Gasteiger partial charge in [-0.1, -0.05) is 0 Å². The molecule has 0 spiro atoms. The smallest absolute Gasteiger partial charge is 0.105 e. The quantitative estimate of drug-likeness (QED) is 0.738. The van der Waals surface area contributed by atoms with Crippen LogP contribution in [0.3, 0.4) is 0 Å². The lowest BCUT2D eigenvalue weighted by molar-refractivity contribution is 0.482. The number of hydrogen-bond donors (Lipinski definition) is 1. The summed E-state index contributed by atoms with van der Waals surface area (Å²) in [6.07, 6.45) is 6.08. The van der Waals surface area contributed by atoms with Crippen molar-refractivity contribution in [2.75, 3.05) is 6.54 Å². The van der Waals surface area contributed by atoms with Crippen LogP contribution < -0.4 is 5.73 Å². The van der Waals surface area contributed by atoms with E-state index in [0.717, 1.165) is 25.2 Å². The van der Waals surface area contributed by atoms with Crippen molar-refractivity contribution in [3.63, 3.8) is 0 Å². The van der Waals surface area contributed by atoms with Gasteiger partial charge in [0.25, 0.3) is 0 Å². The van der Waals surface area contributed by atoms with E-state index < -0.39 is 0 Å². The summed E-state index contributed by atoms with van der Waals surface area (Å²) in [5, 5.41) is 0. The minimum atomic E-state index is 0.524. The Morgan fingerprint density at radius 3 is 2.92 bits per heavy atom. The molecule has 0 bridgehead atoms. The van der Waals surface area contributed by atoms with Crippen molar-refractivity contribution in [1.82, 2.24) is 9.55 Å². The second-order valence-electron chi connectivity index (χ2n) is 3.16. The summed E-state index contributed by atoms with van der Waals surface area (Å²) < 4.78 is 2.19. The van der Waals surface area contributed by atoms with Gasteiger partial charge in [0, 0.05) is 18.4 Å². The molecule has 0 aliphatic heterocycles. The highest BCUT2D eigenvalue weighted by atomic mass is 15.1. The van der Waals surface area contributed by atoms with Crippen LogP contribution in [0, 0.1) is 6.92 Å². The predicted octanol–water partition coefficient (Wildman–Crippen LogP) is 1.49. The Kier molecular flexibility index (Phi) is 3.29. The normalized spacial score (nSPS) is 13.2. The van der Waals surface area contributed by atoms with Gasteiger partial charge in [-0.25, -0.2) is 4.98 Å². The first-order chi connectivity index (χ1) is 5.75. The third-order valence-electron chi connectivity index (χ3n) is 2.16. The number of imidazole rings is 1. The lowest BCUT2D eigenvalue weighted by Crippen LogP contribution is -2.08. The fourth-order valence-corrected chi connectivity index (χ4v) is 1.41. The van der Waals surface area contributed by atoms with Crippen LogP contribution in [0.1, 0.15) is 31.6 Å². The molecule has 0 saturated heterocycles. The Balaban J connectivity index is 2.52. The minimum Gasteiger partial charge on any atom is -0.332 e. The molecule has 1 aromatic rings. The summed E-state index contributed by atoms with van der Waals surface area (Å²) >= 11 is 0. The van der Waals surface area contributed by atoms with Crippen molar-refractivity contribution in [3.05, 3.63) is 18.2 Å². The Hall–Kier alpha value is -0.830. The highest BCUT2D eigenvalue weighted by Crippen LogP contribution is 2.13. The van der Waals surface area contributed by atoms with Gasteiger partial charge in [-0.15, -0.1) is 0 Å². The summed E-state index contributed by atoms with van der Waals surface area (Å²) in [5.74, 6) is 1.08. The molecule has 1 rings (SSSR count). The first-order valence-corrected chi connectivity index (χ1v) is 4.45. The maximum Gasteiger partial charge on any atom is 0.105 e. The Morgan fingerprint density at radius 1 is 1.67 bits per heavy atom. The second kappa shape index (κ2) is 4.26. The fourth-order valence-electron chi connectivity index (χ4n) is 1.41. The molecular weight excluding hydrogens is 150 g/mol. The van der Waals surface area contributed by atoms with Crippen LogP contribution in [0.15, 0.2) is 12.4 Å². The van der Waals surface area contributed by atoms with Crippen LogP contribution in [0.5, 0.6) is 0 Å². The van der Waals surface area contributed by atoms with Gasteiger partial charge < -0.3 is 10.3 Å². The van der Waals surface area contributed by atoms with Gasteiger partial charge in [0.2, 0.25) is 0 Å². The van der Waals surface area contributed by atoms with E-state index in [1.165, 1.54) is 0 Å². The van der Waals surface area contributed by atoms with E-state index >= 15 is 0 Å². The molecule has 2 N–H and O–H groups in total. The average Bonchev–Trinajstić information content (AvgIpc) is 2.47. The molecule has 0 amide bonds. The highest BCUT2D eigenvalue weighted by Gasteiger charge is 2.05. The monoisotopic (exact) mass is 167 g/mol. The molecule has 3 nitrogen and oxygen atoms in total. The van der Waals surface area contributed by atoms with Crippen molar-refractivity contribution in [1.29, 1.82) is 0 Å². The number of aromatic nitrogens is 2. The predicted molar refractivity (Wildman–Crippen MR) is 50.0 cm³/mol. The van der Waals surface area contributed by atoms with Gasteiger partial charge in [0.15, 0.2) is 0 Å². The molecule has 0 radical (unpaired) electrons. The summed E-state index contributed by atoms with van der Waals surface area (Å²) in [4.78, 5) is 4.18.